The second kappa shape index (κ2) is 6.41. The number of benzene rings is 1. The van der Waals surface area contributed by atoms with Gasteiger partial charge in [-0.25, -0.2) is 4.98 Å². The molecular weight excluding hydrogens is 330 g/mol. The molecule has 0 radical (unpaired) electrons. The van der Waals surface area contributed by atoms with Crippen molar-refractivity contribution in [3.63, 3.8) is 0 Å². The van der Waals surface area contributed by atoms with Crippen LogP contribution in [0.25, 0.3) is 16.6 Å². The first-order valence-corrected chi connectivity index (χ1v) is 9.72. The minimum absolute atomic E-state index is 0.455. The van der Waals surface area contributed by atoms with Crippen LogP contribution in [0.5, 0.6) is 0 Å². The summed E-state index contributed by atoms with van der Waals surface area (Å²) in [6, 6.07) is 14.1. The number of nitrogens with zero attached hydrogens (tertiary/aromatic N) is 3. The fourth-order valence-corrected chi connectivity index (χ4v) is 4.33. The lowest BCUT2D eigenvalue weighted by molar-refractivity contribution is 0.682. The van der Waals surface area contributed by atoms with Crippen LogP contribution in [0.4, 0.5) is 0 Å². The molecule has 1 atom stereocenters. The van der Waals surface area contributed by atoms with Gasteiger partial charge in [0.25, 0.3) is 0 Å². The summed E-state index contributed by atoms with van der Waals surface area (Å²) in [5.41, 5.74) is 5.91. The van der Waals surface area contributed by atoms with Crippen molar-refractivity contribution >= 4 is 27.3 Å². The zero-order valence-corrected chi connectivity index (χ0v) is 15.1. The predicted octanol–water partition coefficient (Wildman–Crippen LogP) is 3.95. The minimum Gasteiger partial charge on any atom is -0.307 e. The third kappa shape index (κ3) is 3.20. The van der Waals surface area contributed by atoms with E-state index in [9.17, 15) is 4.21 Å². The van der Waals surface area contributed by atoms with E-state index in [1.54, 1.807) is 0 Å². The van der Waals surface area contributed by atoms with Crippen molar-refractivity contribution in [3.8, 4) is 0 Å². The van der Waals surface area contributed by atoms with Crippen molar-refractivity contribution in [2.24, 2.45) is 0 Å². The number of fused-ring (bicyclic) bond motifs is 2. The predicted molar refractivity (Wildman–Crippen MR) is 102 cm³/mol. The summed E-state index contributed by atoms with van der Waals surface area (Å²) in [5.74, 6) is 0.966. The molecule has 25 heavy (non-hydrogen) atoms. The molecule has 4 nitrogen and oxygen atoms in total. The molecule has 126 valence electrons. The number of aromatic nitrogens is 3. The summed E-state index contributed by atoms with van der Waals surface area (Å²) in [6.07, 6.45) is 3.94. The minimum atomic E-state index is -1.02. The van der Waals surface area contributed by atoms with E-state index in [1.807, 2.05) is 73.1 Å². The average Bonchev–Trinajstić information content (AvgIpc) is 2.98. The zero-order valence-electron chi connectivity index (χ0n) is 14.3. The zero-order chi connectivity index (χ0) is 17.4. The molecule has 0 saturated heterocycles. The first-order valence-electron chi connectivity index (χ1n) is 8.23. The Balaban J connectivity index is 1.61. The van der Waals surface area contributed by atoms with E-state index in [2.05, 4.69) is 9.97 Å². The topological polar surface area (TPSA) is 47.3 Å². The Labute approximate surface area is 149 Å². The van der Waals surface area contributed by atoms with Gasteiger partial charge in [0, 0.05) is 40.0 Å². The Kier molecular flexibility index (Phi) is 4.09. The Bertz CT molecular complexity index is 1100. The maximum Gasteiger partial charge on any atom is 0.139 e. The highest BCUT2D eigenvalue weighted by Crippen LogP contribution is 2.21. The highest BCUT2D eigenvalue weighted by Gasteiger charge is 2.11. The molecule has 0 N–H and O–H groups in total. The van der Waals surface area contributed by atoms with E-state index < -0.39 is 10.8 Å². The number of aryl methyl sites for hydroxylation is 2. The third-order valence-electron chi connectivity index (χ3n) is 4.28. The van der Waals surface area contributed by atoms with Crippen molar-refractivity contribution in [3.05, 3.63) is 77.4 Å². The molecule has 0 spiro atoms. The Morgan fingerprint density at radius 3 is 2.72 bits per heavy atom. The van der Waals surface area contributed by atoms with E-state index >= 15 is 0 Å². The maximum atomic E-state index is 12.7. The van der Waals surface area contributed by atoms with Crippen LogP contribution in [0.15, 0.2) is 54.9 Å². The summed E-state index contributed by atoms with van der Waals surface area (Å²) >= 11 is 0. The van der Waals surface area contributed by atoms with Crippen molar-refractivity contribution < 1.29 is 4.21 Å². The standard InChI is InChI=1S/C20H19N3OS/c1-14-6-5-9-23-11-17(22-20(14)23)13-25(24)12-16-10-15(2)21-19-8-4-3-7-18(16)19/h3-11H,12-13H2,1-2H3/t25-/m1/s1. The molecule has 0 aliphatic carbocycles. The summed E-state index contributed by atoms with van der Waals surface area (Å²) in [5, 5.41) is 1.08. The van der Waals surface area contributed by atoms with Crippen molar-refractivity contribution in [1.29, 1.82) is 0 Å². The van der Waals surface area contributed by atoms with Gasteiger partial charge in [-0.15, -0.1) is 0 Å². The molecule has 4 rings (SSSR count). The molecule has 0 bridgehead atoms. The first kappa shape index (κ1) is 16.0. The molecular formula is C20H19N3OS. The second-order valence-corrected chi connectivity index (χ2v) is 7.78. The molecule has 5 heteroatoms. The molecule has 1 aromatic carbocycles. The van der Waals surface area contributed by atoms with Crippen LogP contribution in [-0.4, -0.2) is 18.6 Å². The van der Waals surface area contributed by atoms with E-state index in [4.69, 9.17) is 0 Å². The molecule has 0 aliphatic rings. The van der Waals surface area contributed by atoms with Crippen LogP contribution in [0, 0.1) is 13.8 Å². The van der Waals surface area contributed by atoms with E-state index in [1.165, 1.54) is 0 Å². The summed E-state index contributed by atoms with van der Waals surface area (Å²) < 4.78 is 14.7. The van der Waals surface area contributed by atoms with Gasteiger partial charge in [0.05, 0.1) is 17.0 Å². The first-order chi connectivity index (χ1) is 12.1. The van der Waals surface area contributed by atoms with Gasteiger partial charge < -0.3 is 4.40 Å². The van der Waals surface area contributed by atoms with E-state index in [0.29, 0.717) is 11.5 Å². The normalized spacial score (nSPS) is 12.7. The van der Waals surface area contributed by atoms with Gasteiger partial charge in [-0.05, 0) is 43.2 Å². The molecule has 3 heterocycles. The summed E-state index contributed by atoms with van der Waals surface area (Å²) in [7, 11) is -1.02. The molecule has 0 unspecified atom stereocenters. The van der Waals surface area contributed by atoms with Crippen molar-refractivity contribution in [2.75, 3.05) is 0 Å². The van der Waals surface area contributed by atoms with Crippen molar-refractivity contribution in [2.45, 2.75) is 25.4 Å². The smallest absolute Gasteiger partial charge is 0.139 e. The summed E-state index contributed by atoms with van der Waals surface area (Å²) in [4.78, 5) is 9.18. The molecule has 0 saturated carbocycles. The van der Waals surface area contributed by atoms with Gasteiger partial charge in [0.15, 0.2) is 0 Å². The number of hydrogen-bond donors (Lipinski definition) is 0. The van der Waals surface area contributed by atoms with Crippen LogP contribution in [0.3, 0.4) is 0 Å². The average molecular weight is 349 g/mol. The van der Waals surface area contributed by atoms with Gasteiger partial charge >= 0.3 is 0 Å². The quantitative estimate of drug-likeness (QED) is 0.560. The third-order valence-corrected chi connectivity index (χ3v) is 5.53. The fourth-order valence-electron chi connectivity index (χ4n) is 3.18. The van der Waals surface area contributed by atoms with Crippen molar-refractivity contribution in [1.82, 2.24) is 14.4 Å². The number of para-hydroxylation sites is 1. The van der Waals surface area contributed by atoms with Gasteiger partial charge in [0.2, 0.25) is 0 Å². The highest BCUT2D eigenvalue weighted by atomic mass is 32.2. The number of pyridine rings is 2. The van der Waals surface area contributed by atoms with E-state index in [0.717, 1.165) is 39.1 Å². The van der Waals surface area contributed by atoms with E-state index in [-0.39, 0.29) is 0 Å². The molecule has 0 aliphatic heterocycles. The number of hydrogen-bond acceptors (Lipinski definition) is 3. The number of rotatable bonds is 4. The monoisotopic (exact) mass is 349 g/mol. The summed E-state index contributed by atoms with van der Waals surface area (Å²) in [6.45, 7) is 4.01. The van der Waals surface area contributed by atoms with Gasteiger partial charge in [-0.2, -0.15) is 0 Å². The highest BCUT2D eigenvalue weighted by molar-refractivity contribution is 7.83. The molecule has 3 aromatic heterocycles. The Morgan fingerprint density at radius 1 is 1.04 bits per heavy atom. The van der Waals surface area contributed by atoms with Gasteiger partial charge in [-0.3, -0.25) is 9.19 Å². The lowest BCUT2D eigenvalue weighted by Crippen LogP contribution is -2.01. The fraction of sp³-hybridized carbons (Fsp3) is 0.200. The van der Waals surface area contributed by atoms with Crippen LogP contribution >= 0.6 is 0 Å². The van der Waals surface area contributed by atoms with Gasteiger partial charge in [-0.1, -0.05) is 24.3 Å². The largest absolute Gasteiger partial charge is 0.307 e. The van der Waals surface area contributed by atoms with Gasteiger partial charge in [0.1, 0.15) is 5.65 Å². The molecule has 4 aromatic rings. The van der Waals surface area contributed by atoms with Crippen LogP contribution in [0.1, 0.15) is 22.5 Å². The molecule has 0 amide bonds. The lowest BCUT2D eigenvalue weighted by atomic mass is 10.1. The number of imidazole rings is 1. The lowest BCUT2D eigenvalue weighted by Gasteiger charge is -2.07. The van der Waals surface area contributed by atoms with Crippen LogP contribution in [-0.2, 0) is 22.3 Å². The van der Waals surface area contributed by atoms with Crippen LogP contribution < -0.4 is 0 Å². The maximum absolute atomic E-state index is 12.7. The second-order valence-electron chi connectivity index (χ2n) is 6.32. The molecule has 0 fully saturated rings. The Morgan fingerprint density at radius 2 is 1.88 bits per heavy atom. The van der Waals surface area contributed by atoms with Crippen LogP contribution in [0.2, 0.25) is 0 Å². The SMILES string of the molecule is Cc1cc(C[S@@](=O)Cc2cn3cccc(C)c3n2)c2ccccc2n1. The Hall–Kier alpha value is -2.53.